The Kier molecular flexibility index (Phi) is 4.07. The molecule has 2 saturated heterocycles. The molecule has 1 unspecified atom stereocenters. The zero-order chi connectivity index (χ0) is 16.6. The number of hydrogen-bond donors (Lipinski definition) is 1. The van der Waals surface area contributed by atoms with Crippen LogP contribution in [0.1, 0.15) is 42.3 Å². The molecule has 0 aromatic carbocycles. The van der Waals surface area contributed by atoms with Crippen molar-refractivity contribution in [3.05, 3.63) is 23.0 Å². The Morgan fingerprint density at radius 3 is 2.88 bits per heavy atom. The molecule has 5 heterocycles. The van der Waals surface area contributed by atoms with Crippen molar-refractivity contribution in [2.24, 2.45) is 0 Å². The van der Waals surface area contributed by atoms with Crippen LogP contribution in [0.5, 0.6) is 0 Å². The number of anilines is 1. The fourth-order valence-corrected chi connectivity index (χ4v) is 4.18. The molecular formula is C18H25N5O2. The lowest BCUT2D eigenvalue weighted by atomic mass is 10.0. The second kappa shape index (κ2) is 6.55. The maximum Gasteiger partial charge on any atom is 0.158 e. The topological polar surface area (TPSA) is 63.9 Å². The monoisotopic (exact) mass is 343 g/mol. The lowest BCUT2D eigenvalue weighted by Crippen LogP contribution is -2.39. The Balaban J connectivity index is 1.63. The van der Waals surface area contributed by atoms with E-state index >= 15 is 0 Å². The Morgan fingerprint density at radius 2 is 2.04 bits per heavy atom. The second-order valence-corrected chi connectivity index (χ2v) is 7.10. The van der Waals surface area contributed by atoms with Gasteiger partial charge in [0, 0.05) is 31.1 Å². The molecule has 0 aliphatic carbocycles. The van der Waals surface area contributed by atoms with Gasteiger partial charge in [-0.1, -0.05) is 6.42 Å². The van der Waals surface area contributed by atoms with E-state index < -0.39 is 0 Å². The van der Waals surface area contributed by atoms with E-state index in [1.807, 2.05) is 0 Å². The van der Waals surface area contributed by atoms with E-state index in [4.69, 9.17) is 19.6 Å². The summed E-state index contributed by atoms with van der Waals surface area (Å²) < 4.78 is 13.3. The van der Waals surface area contributed by atoms with Gasteiger partial charge in [0.15, 0.2) is 5.65 Å². The molecule has 7 nitrogen and oxygen atoms in total. The average Bonchev–Trinajstić information content (AvgIpc) is 3.11. The molecule has 1 atom stereocenters. The summed E-state index contributed by atoms with van der Waals surface area (Å²) in [6, 6.07) is 2.50. The summed E-state index contributed by atoms with van der Waals surface area (Å²) in [6.07, 6.45) is 4.58. The van der Waals surface area contributed by atoms with Gasteiger partial charge in [-0.05, 0) is 19.4 Å². The number of ether oxygens (including phenoxy) is 2. The Hall–Kier alpha value is -1.70. The minimum atomic E-state index is 0.348. The molecule has 0 radical (unpaired) electrons. The Morgan fingerprint density at radius 1 is 1.12 bits per heavy atom. The van der Waals surface area contributed by atoms with Gasteiger partial charge in [-0.15, -0.1) is 0 Å². The summed E-state index contributed by atoms with van der Waals surface area (Å²) in [5, 5.41) is 8.59. The van der Waals surface area contributed by atoms with Gasteiger partial charge in [0.2, 0.25) is 0 Å². The Labute approximate surface area is 147 Å². The van der Waals surface area contributed by atoms with Crippen LogP contribution in [-0.4, -0.2) is 54.1 Å². The highest BCUT2D eigenvalue weighted by Crippen LogP contribution is 2.31. The maximum absolute atomic E-state index is 5.66. The summed E-state index contributed by atoms with van der Waals surface area (Å²) in [5.41, 5.74) is 4.42. The predicted molar refractivity (Wildman–Crippen MR) is 94.0 cm³/mol. The lowest BCUT2D eigenvalue weighted by Gasteiger charge is -2.32. The van der Waals surface area contributed by atoms with E-state index in [0.29, 0.717) is 12.6 Å². The van der Waals surface area contributed by atoms with E-state index in [9.17, 15) is 0 Å². The van der Waals surface area contributed by atoms with Crippen LogP contribution in [0.2, 0.25) is 0 Å². The minimum absolute atomic E-state index is 0.348. The summed E-state index contributed by atoms with van der Waals surface area (Å²) in [6.45, 7) is 5.79. The molecule has 0 spiro atoms. The molecule has 1 N–H and O–H groups in total. The molecule has 134 valence electrons. The van der Waals surface area contributed by atoms with Crippen LogP contribution in [-0.2, 0) is 22.5 Å². The fraction of sp³-hybridized carbons (Fsp3) is 0.667. The van der Waals surface area contributed by atoms with Gasteiger partial charge in [0.1, 0.15) is 5.82 Å². The van der Waals surface area contributed by atoms with Crippen molar-refractivity contribution in [3.8, 4) is 0 Å². The normalized spacial score (nSPS) is 24.5. The van der Waals surface area contributed by atoms with Gasteiger partial charge in [-0.3, -0.25) is 0 Å². The quantitative estimate of drug-likeness (QED) is 0.891. The number of nitrogens with zero attached hydrogens (tertiary/aromatic N) is 4. The number of rotatable bonds is 2. The summed E-state index contributed by atoms with van der Waals surface area (Å²) in [4.78, 5) is 7.29. The number of nitrogens with one attached hydrogen (secondary N) is 1. The van der Waals surface area contributed by atoms with Gasteiger partial charge >= 0.3 is 0 Å². The van der Waals surface area contributed by atoms with E-state index in [1.165, 1.54) is 24.2 Å². The van der Waals surface area contributed by atoms with Crippen molar-refractivity contribution in [2.75, 3.05) is 44.4 Å². The molecule has 0 amide bonds. The van der Waals surface area contributed by atoms with Crippen molar-refractivity contribution in [3.63, 3.8) is 0 Å². The van der Waals surface area contributed by atoms with Crippen molar-refractivity contribution in [1.82, 2.24) is 19.9 Å². The first-order chi connectivity index (χ1) is 12.4. The van der Waals surface area contributed by atoms with Crippen molar-refractivity contribution in [1.29, 1.82) is 0 Å². The standard InChI is InChI=1S/C18H25N5O2/c1-2-5-19-14(3-1)15-11-17-20-16-12-25-8-4-13(16)18(23(17)21-15)22-6-9-24-10-7-22/h11,14,19H,1-10,12H2. The zero-order valence-corrected chi connectivity index (χ0v) is 14.5. The molecule has 0 bridgehead atoms. The molecule has 2 fully saturated rings. The molecular weight excluding hydrogens is 318 g/mol. The predicted octanol–water partition coefficient (Wildman–Crippen LogP) is 1.45. The number of morpholine rings is 1. The molecule has 5 rings (SSSR count). The van der Waals surface area contributed by atoms with Crippen LogP contribution >= 0.6 is 0 Å². The van der Waals surface area contributed by atoms with Crippen LogP contribution in [0.15, 0.2) is 6.07 Å². The summed E-state index contributed by atoms with van der Waals surface area (Å²) in [7, 11) is 0. The first-order valence-corrected chi connectivity index (χ1v) is 9.45. The third-order valence-corrected chi connectivity index (χ3v) is 5.49. The molecule has 7 heteroatoms. The average molecular weight is 343 g/mol. The summed E-state index contributed by atoms with van der Waals surface area (Å²) in [5.74, 6) is 1.20. The van der Waals surface area contributed by atoms with Gasteiger partial charge in [-0.2, -0.15) is 9.61 Å². The fourth-order valence-electron chi connectivity index (χ4n) is 4.18. The van der Waals surface area contributed by atoms with Crippen molar-refractivity contribution < 1.29 is 9.47 Å². The molecule has 25 heavy (non-hydrogen) atoms. The number of fused-ring (bicyclic) bond motifs is 2. The summed E-state index contributed by atoms with van der Waals surface area (Å²) >= 11 is 0. The molecule has 2 aromatic heterocycles. The lowest BCUT2D eigenvalue weighted by molar-refractivity contribution is 0.106. The Bertz CT molecular complexity index is 762. The van der Waals surface area contributed by atoms with Gasteiger partial charge in [0.05, 0.1) is 43.9 Å². The van der Waals surface area contributed by atoms with E-state index in [1.54, 1.807) is 0 Å². The number of aromatic nitrogens is 3. The van der Waals surface area contributed by atoms with Crippen LogP contribution in [0.25, 0.3) is 5.65 Å². The molecule has 2 aromatic rings. The third-order valence-electron chi connectivity index (χ3n) is 5.49. The zero-order valence-electron chi connectivity index (χ0n) is 14.5. The number of hydrogen-bond acceptors (Lipinski definition) is 6. The first kappa shape index (κ1) is 15.5. The van der Waals surface area contributed by atoms with E-state index in [0.717, 1.165) is 69.3 Å². The SMILES string of the molecule is c1c(C2CCCCN2)nn2c(N3CCOCC3)c3c(nc12)COCC3. The third kappa shape index (κ3) is 2.80. The van der Waals surface area contributed by atoms with E-state index in [-0.39, 0.29) is 0 Å². The number of piperidine rings is 1. The van der Waals surface area contributed by atoms with Crippen LogP contribution in [0.3, 0.4) is 0 Å². The largest absolute Gasteiger partial charge is 0.378 e. The van der Waals surface area contributed by atoms with Gasteiger partial charge < -0.3 is 19.7 Å². The van der Waals surface area contributed by atoms with Crippen LogP contribution < -0.4 is 10.2 Å². The van der Waals surface area contributed by atoms with Crippen molar-refractivity contribution >= 4 is 11.5 Å². The minimum Gasteiger partial charge on any atom is -0.378 e. The molecule has 3 aliphatic heterocycles. The highest BCUT2D eigenvalue weighted by molar-refractivity contribution is 5.58. The second-order valence-electron chi connectivity index (χ2n) is 7.10. The highest BCUT2D eigenvalue weighted by Gasteiger charge is 2.26. The molecule has 3 aliphatic rings. The van der Waals surface area contributed by atoms with Gasteiger partial charge in [-0.25, -0.2) is 4.98 Å². The highest BCUT2D eigenvalue weighted by atomic mass is 16.5. The first-order valence-electron chi connectivity index (χ1n) is 9.45. The van der Waals surface area contributed by atoms with Crippen LogP contribution in [0.4, 0.5) is 5.82 Å². The molecule has 0 saturated carbocycles. The smallest absolute Gasteiger partial charge is 0.158 e. The maximum atomic E-state index is 5.66. The van der Waals surface area contributed by atoms with Gasteiger partial charge in [0.25, 0.3) is 0 Å². The van der Waals surface area contributed by atoms with Crippen molar-refractivity contribution in [2.45, 2.75) is 38.3 Å². The van der Waals surface area contributed by atoms with E-state index in [2.05, 4.69) is 20.8 Å². The van der Waals surface area contributed by atoms with Crippen LogP contribution in [0, 0.1) is 0 Å².